The van der Waals surface area contributed by atoms with Crippen molar-refractivity contribution in [2.75, 3.05) is 6.61 Å². The summed E-state index contributed by atoms with van der Waals surface area (Å²) in [7, 11) is 0. The van der Waals surface area contributed by atoms with E-state index in [1.165, 1.54) is 45.4 Å². The van der Waals surface area contributed by atoms with Crippen LogP contribution in [0.25, 0.3) is 0 Å². The second-order valence-corrected chi connectivity index (χ2v) is 4.48. The van der Waals surface area contributed by atoms with Gasteiger partial charge in [-0.05, 0) is 13.3 Å². The highest BCUT2D eigenvalue weighted by atomic mass is 16.6. The molecule has 0 aliphatic rings. The van der Waals surface area contributed by atoms with Crippen molar-refractivity contribution in [3.05, 3.63) is 0 Å². The fourth-order valence-corrected chi connectivity index (χ4v) is 1.58. The van der Waals surface area contributed by atoms with Crippen LogP contribution >= 0.6 is 0 Å². The number of aliphatic hydroxyl groups is 2. The molecule has 0 heterocycles. The van der Waals surface area contributed by atoms with E-state index in [9.17, 15) is 0 Å². The van der Waals surface area contributed by atoms with Gasteiger partial charge in [-0.3, -0.25) is 0 Å². The summed E-state index contributed by atoms with van der Waals surface area (Å²) in [5.74, 6) is 0. The quantitative estimate of drug-likeness (QED) is 0.425. The number of unbranched alkanes of at least 4 members (excludes halogenated alkanes) is 7. The molecule has 16 heavy (non-hydrogen) atoms. The first-order valence-electron chi connectivity index (χ1n) is 6.66. The number of hydrogen-bond acceptors (Lipinski definition) is 3. The summed E-state index contributed by atoms with van der Waals surface area (Å²) in [6.07, 6.45) is 8.19. The van der Waals surface area contributed by atoms with Crippen molar-refractivity contribution in [1.29, 1.82) is 0 Å². The van der Waals surface area contributed by atoms with Gasteiger partial charge in [0.05, 0.1) is 0 Å². The molecule has 0 aliphatic heterocycles. The van der Waals surface area contributed by atoms with Crippen molar-refractivity contribution in [1.82, 2.24) is 0 Å². The lowest BCUT2D eigenvalue weighted by molar-refractivity contribution is -0.156. The smallest absolute Gasteiger partial charge is 0.180 e. The van der Waals surface area contributed by atoms with Crippen LogP contribution in [0.15, 0.2) is 0 Å². The third-order valence-corrected chi connectivity index (χ3v) is 2.70. The monoisotopic (exact) mass is 232 g/mol. The topological polar surface area (TPSA) is 49.7 Å². The molecule has 0 saturated carbocycles. The van der Waals surface area contributed by atoms with Gasteiger partial charge in [0.2, 0.25) is 0 Å². The number of hydrogen-bond donors (Lipinski definition) is 2. The Morgan fingerprint density at radius 3 is 1.88 bits per heavy atom. The Labute approximate surface area is 99.8 Å². The summed E-state index contributed by atoms with van der Waals surface area (Å²) >= 11 is 0. The fraction of sp³-hybridized carbons (Fsp3) is 1.00. The van der Waals surface area contributed by atoms with E-state index >= 15 is 0 Å². The molecular weight excluding hydrogens is 204 g/mol. The van der Waals surface area contributed by atoms with Crippen molar-refractivity contribution in [3.63, 3.8) is 0 Å². The van der Waals surface area contributed by atoms with Crippen molar-refractivity contribution in [3.8, 4) is 0 Å². The Hall–Kier alpha value is -0.120. The third kappa shape index (κ3) is 10.4. The van der Waals surface area contributed by atoms with Crippen molar-refractivity contribution < 1.29 is 14.9 Å². The summed E-state index contributed by atoms with van der Waals surface area (Å²) in [4.78, 5) is 0. The highest BCUT2D eigenvalue weighted by Gasteiger charge is 2.09. The van der Waals surface area contributed by atoms with E-state index in [0.717, 1.165) is 12.8 Å². The molecule has 3 heteroatoms. The maximum absolute atomic E-state index is 9.15. The summed E-state index contributed by atoms with van der Waals surface area (Å²) in [5, 5.41) is 18.1. The van der Waals surface area contributed by atoms with Gasteiger partial charge in [0.25, 0.3) is 0 Å². The van der Waals surface area contributed by atoms with Gasteiger partial charge in [0.15, 0.2) is 6.29 Å². The van der Waals surface area contributed by atoms with E-state index in [2.05, 4.69) is 6.92 Å². The molecule has 0 radical (unpaired) electrons. The number of rotatable bonds is 11. The minimum Gasteiger partial charge on any atom is -0.388 e. The second-order valence-electron chi connectivity index (χ2n) is 4.48. The van der Waals surface area contributed by atoms with Crippen LogP contribution in [0.2, 0.25) is 0 Å². The van der Waals surface area contributed by atoms with Gasteiger partial charge in [-0.15, -0.1) is 0 Å². The van der Waals surface area contributed by atoms with Crippen LogP contribution < -0.4 is 0 Å². The Kier molecular flexibility index (Phi) is 11.3. The average Bonchev–Trinajstić information content (AvgIpc) is 2.26. The summed E-state index contributed by atoms with van der Waals surface area (Å²) in [5.41, 5.74) is 0. The Morgan fingerprint density at radius 2 is 1.38 bits per heavy atom. The summed E-state index contributed by atoms with van der Waals surface area (Å²) < 4.78 is 5.05. The van der Waals surface area contributed by atoms with Crippen LogP contribution in [0.5, 0.6) is 0 Å². The molecule has 0 rings (SSSR count). The molecule has 0 spiro atoms. The van der Waals surface area contributed by atoms with Gasteiger partial charge in [-0.25, -0.2) is 0 Å². The van der Waals surface area contributed by atoms with Gasteiger partial charge >= 0.3 is 0 Å². The van der Waals surface area contributed by atoms with Crippen molar-refractivity contribution >= 4 is 0 Å². The molecule has 0 aliphatic carbocycles. The van der Waals surface area contributed by atoms with E-state index in [4.69, 9.17) is 14.9 Å². The van der Waals surface area contributed by atoms with Crippen molar-refractivity contribution in [2.24, 2.45) is 0 Å². The van der Waals surface area contributed by atoms with E-state index in [-0.39, 0.29) is 0 Å². The van der Waals surface area contributed by atoms with Gasteiger partial charge in [-0.1, -0.05) is 51.9 Å². The zero-order valence-corrected chi connectivity index (χ0v) is 10.8. The van der Waals surface area contributed by atoms with E-state index in [1.807, 2.05) is 0 Å². The van der Waals surface area contributed by atoms with Gasteiger partial charge in [0.1, 0.15) is 6.10 Å². The molecule has 0 amide bonds. The van der Waals surface area contributed by atoms with E-state index in [1.54, 1.807) is 0 Å². The molecule has 0 aromatic heterocycles. The zero-order valence-electron chi connectivity index (χ0n) is 10.8. The minimum absolute atomic E-state index is 0.543. The van der Waals surface area contributed by atoms with E-state index in [0.29, 0.717) is 6.61 Å². The summed E-state index contributed by atoms with van der Waals surface area (Å²) in [6, 6.07) is 0. The molecule has 2 unspecified atom stereocenters. The SMILES string of the molecule is CCCCCCCCCCOC(O)C(C)O. The molecule has 0 saturated heterocycles. The molecule has 0 aromatic carbocycles. The second kappa shape index (κ2) is 11.4. The van der Waals surface area contributed by atoms with Crippen LogP contribution in [0.3, 0.4) is 0 Å². The Balaban J connectivity index is 3.04. The summed E-state index contributed by atoms with van der Waals surface area (Å²) in [6.45, 7) is 4.30. The zero-order chi connectivity index (χ0) is 12.2. The van der Waals surface area contributed by atoms with Crippen LogP contribution in [-0.2, 0) is 4.74 Å². The number of aliphatic hydroxyl groups excluding tert-OH is 2. The predicted octanol–water partition coefficient (Wildman–Crippen LogP) is 2.84. The third-order valence-electron chi connectivity index (χ3n) is 2.70. The highest BCUT2D eigenvalue weighted by molar-refractivity contribution is 4.50. The fourth-order valence-electron chi connectivity index (χ4n) is 1.58. The average molecular weight is 232 g/mol. The van der Waals surface area contributed by atoms with Crippen LogP contribution in [0.1, 0.15) is 65.2 Å². The first kappa shape index (κ1) is 15.9. The molecule has 2 N–H and O–H groups in total. The largest absolute Gasteiger partial charge is 0.388 e. The molecule has 2 atom stereocenters. The van der Waals surface area contributed by atoms with Crippen molar-refractivity contribution in [2.45, 2.75) is 77.6 Å². The Bertz CT molecular complexity index is 137. The van der Waals surface area contributed by atoms with Crippen LogP contribution in [-0.4, -0.2) is 29.2 Å². The van der Waals surface area contributed by atoms with Gasteiger partial charge < -0.3 is 14.9 Å². The first-order chi connectivity index (χ1) is 7.68. The molecule has 0 fully saturated rings. The predicted molar refractivity (Wildman–Crippen MR) is 66.2 cm³/mol. The van der Waals surface area contributed by atoms with Crippen LogP contribution in [0, 0.1) is 0 Å². The lowest BCUT2D eigenvalue weighted by Crippen LogP contribution is -2.26. The molecular formula is C13H28O3. The molecule has 3 nitrogen and oxygen atoms in total. The standard InChI is InChI=1S/C13H28O3/c1-3-4-5-6-7-8-9-10-11-16-13(15)12(2)14/h12-15H,3-11H2,1-2H3. The molecule has 0 aromatic rings. The molecule has 98 valence electrons. The Morgan fingerprint density at radius 1 is 0.875 bits per heavy atom. The van der Waals surface area contributed by atoms with Crippen LogP contribution in [0.4, 0.5) is 0 Å². The minimum atomic E-state index is -1.02. The normalized spacial score (nSPS) is 15.0. The number of ether oxygens (including phenoxy) is 1. The van der Waals surface area contributed by atoms with Gasteiger partial charge in [0, 0.05) is 6.61 Å². The maximum atomic E-state index is 9.15. The highest BCUT2D eigenvalue weighted by Crippen LogP contribution is 2.08. The van der Waals surface area contributed by atoms with Gasteiger partial charge in [-0.2, -0.15) is 0 Å². The lowest BCUT2D eigenvalue weighted by Gasteiger charge is -2.14. The molecule has 0 bridgehead atoms. The lowest BCUT2D eigenvalue weighted by atomic mass is 10.1. The maximum Gasteiger partial charge on any atom is 0.180 e. The first-order valence-corrected chi connectivity index (χ1v) is 6.66. The van der Waals surface area contributed by atoms with E-state index < -0.39 is 12.4 Å².